The summed E-state index contributed by atoms with van der Waals surface area (Å²) in [6.07, 6.45) is 2.65. The number of nitro benzene ring substituents is 1. The van der Waals surface area contributed by atoms with E-state index < -0.39 is 11.9 Å². The summed E-state index contributed by atoms with van der Waals surface area (Å²) in [7, 11) is 3.94. The third-order valence-corrected chi connectivity index (χ3v) is 13.1. The number of nitrogens with one attached hydrogen (secondary N) is 2. The van der Waals surface area contributed by atoms with Crippen LogP contribution >= 0.6 is 0 Å². The molecule has 0 unspecified atom stereocenters. The van der Waals surface area contributed by atoms with Gasteiger partial charge in [-0.25, -0.2) is 4.79 Å². The minimum absolute atomic E-state index is 0.102. The number of para-hydroxylation sites is 1. The molecule has 14 heteroatoms. The Bertz CT molecular complexity index is 2520. The zero-order valence-corrected chi connectivity index (χ0v) is 34.7. The Morgan fingerprint density at radius 1 is 0.912 bits per heavy atom. The Hall–Kier alpha value is -5.85. The molecule has 2 atom stereocenters. The first-order valence-corrected chi connectivity index (χ1v) is 20.6. The molecular formula is C43H45N5O8Se. The molecule has 57 heavy (non-hydrogen) atoms. The molecule has 2 aliphatic rings. The van der Waals surface area contributed by atoms with Gasteiger partial charge in [-0.05, 0) is 0 Å². The van der Waals surface area contributed by atoms with Crippen molar-refractivity contribution in [1.29, 1.82) is 0 Å². The van der Waals surface area contributed by atoms with Gasteiger partial charge in [0, 0.05) is 0 Å². The van der Waals surface area contributed by atoms with Crippen LogP contribution in [0.1, 0.15) is 89.1 Å². The summed E-state index contributed by atoms with van der Waals surface area (Å²) in [6, 6.07) is 12.8. The number of benzene rings is 1. The molecule has 2 aliphatic heterocycles. The molecule has 0 amide bonds. The fourth-order valence-corrected chi connectivity index (χ4v) is 9.72. The summed E-state index contributed by atoms with van der Waals surface area (Å²) in [6.45, 7) is 12.0. The van der Waals surface area contributed by atoms with Crippen molar-refractivity contribution < 1.29 is 33.5 Å². The van der Waals surface area contributed by atoms with Gasteiger partial charge in [0.1, 0.15) is 0 Å². The Kier molecular flexibility index (Phi) is 12.2. The Balaban J connectivity index is 1.69. The third-order valence-electron chi connectivity index (χ3n) is 10.9. The zero-order valence-electron chi connectivity index (χ0n) is 33.0. The average Bonchev–Trinajstić information content (AvgIpc) is 3.88. The molecule has 0 saturated heterocycles. The van der Waals surface area contributed by atoms with Gasteiger partial charge in [-0.15, -0.1) is 0 Å². The Labute approximate surface area is 336 Å². The number of aromatic nitrogens is 4. The van der Waals surface area contributed by atoms with Crippen LogP contribution in [0.15, 0.2) is 49.0 Å². The molecule has 4 aromatic rings. The van der Waals surface area contributed by atoms with Crippen LogP contribution in [0.25, 0.3) is 39.3 Å². The summed E-state index contributed by atoms with van der Waals surface area (Å²) >= 11 is -0.164. The first-order valence-electron chi connectivity index (χ1n) is 18.5. The molecule has 5 heterocycles. The van der Waals surface area contributed by atoms with E-state index >= 15 is 0 Å². The van der Waals surface area contributed by atoms with Crippen LogP contribution in [0.3, 0.4) is 0 Å². The average molecular weight is 839 g/mol. The fraction of sp³-hybridized carbons (Fsp3) is 0.326. The van der Waals surface area contributed by atoms with E-state index in [9.17, 15) is 24.5 Å². The molecule has 0 fully saturated rings. The number of aromatic amines is 2. The molecule has 2 N–H and O–H groups in total. The van der Waals surface area contributed by atoms with Gasteiger partial charge in [-0.1, -0.05) is 0 Å². The molecule has 3 aromatic heterocycles. The van der Waals surface area contributed by atoms with Gasteiger partial charge >= 0.3 is 287 Å². The number of ether oxygens (including phenoxy) is 3. The second-order valence-electron chi connectivity index (χ2n) is 14.0. The Morgan fingerprint density at radius 2 is 1.61 bits per heavy atom. The first kappa shape index (κ1) is 40.8. The number of H-pyrrole nitrogens is 2. The van der Waals surface area contributed by atoms with Crippen molar-refractivity contribution >= 4 is 82.3 Å². The summed E-state index contributed by atoms with van der Waals surface area (Å²) in [5.74, 6) is -2.13. The van der Waals surface area contributed by atoms with Crippen LogP contribution in [-0.4, -0.2) is 79.1 Å². The Morgan fingerprint density at radius 3 is 2.30 bits per heavy atom. The number of methoxy groups -OCH3 is 3. The van der Waals surface area contributed by atoms with Gasteiger partial charge in [0.05, 0.1) is 21.3 Å². The van der Waals surface area contributed by atoms with Crippen LogP contribution in [0.5, 0.6) is 0 Å². The van der Waals surface area contributed by atoms with E-state index in [1.54, 1.807) is 25.1 Å². The maximum absolute atomic E-state index is 13.6. The summed E-state index contributed by atoms with van der Waals surface area (Å²) in [4.78, 5) is 68.1. The van der Waals surface area contributed by atoms with Crippen LogP contribution in [0.2, 0.25) is 5.32 Å². The van der Waals surface area contributed by atoms with Crippen molar-refractivity contribution in [1.82, 2.24) is 19.9 Å². The zero-order chi connectivity index (χ0) is 41.1. The molecule has 6 rings (SSSR count). The standard InChI is InChI=1S/C43H45N5O8Se/c1-9-26-22(2)31-20-35-27(16-17-57-37-13-11-10-12-36(37)48(52)53)23(3)30(45-35)19-32-24(4)28(14-15-38(49)54-6)41(46-32)29(18-39(50)55-7)42-40(43(51)56-8)25(5)33(47-42)21-34(26)44-31/h9-13,19-21,24,28,44-45H,1,14-18H2,2-8H3/t24-,28-/m0/s1. The van der Waals surface area contributed by atoms with Gasteiger partial charge < -0.3 is 14.2 Å². The molecule has 0 spiro atoms. The third kappa shape index (κ3) is 8.05. The van der Waals surface area contributed by atoms with Crippen molar-refractivity contribution in [3.05, 3.63) is 110 Å². The number of rotatable bonds is 12. The van der Waals surface area contributed by atoms with E-state index in [2.05, 4.69) is 22.6 Å². The molecular weight excluding hydrogens is 793 g/mol. The van der Waals surface area contributed by atoms with Crippen molar-refractivity contribution in [3.63, 3.8) is 0 Å². The topological polar surface area (TPSA) is 179 Å². The number of nitro groups is 1. The number of nitrogens with zero attached hydrogens (tertiary/aromatic N) is 3. The number of fused-ring (bicyclic) bond motifs is 8. The second kappa shape index (κ2) is 17.1. The van der Waals surface area contributed by atoms with E-state index in [1.807, 2.05) is 45.0 Å². The monoisotopic (exact) mass is 839 g/mol. The predicted molar refractivity (Wildman–Crippen MR) is 220 cm³/mol. The van der Waals surface area contributed by atoms with Crippen molar-refractivity contribution in [2.75, 3.05) is 21.3 Å². The number of aryl methyl sites for hydroxylation is 3. The minimum atomic E-state index is -0.617. The molecule has 13 nitrogen and oxygen atoms in total. The van der Waals surface area contributed by atoms with Gasteiger partial charge in [0.25, 0.3) is 0 Å². The number of hydrogen-bond donors (Lipinski definition) is 2. The predicted octanol–water partition coefficient (Wildman–Crippen LogP) is 7.13. The number of carbonyl (C=O) groups excluding carboxylic acids is 3. The first-order chi connectivity index (χ1) is 27.3. The molecule has 0 aliphatic carbocycles. The molecule has 1 aromatic carbocycles. The fourth-order valence-electron chi connectivity index (χ4n) is 7.64. The number of esters is 3. The van der Waals surface area contributed by atoms with Gasteiger partial charge in [0.2, 0.25) is 0 Å². The number of hydrogen-bond acceptors (Lipinski definition) is 10. The quantitative estimate of drug-likeness (QED) is 0.0490. The van der Waals surface area contributed by atoms with Crippen LogP contribution in [0.4, 0.5) is 5.69 Å². The van der Waals surface area contributed by atoms with Crippen molar-refractivity contribution in [2.45, 2.75) is 70.5 Å². The normalized spacial score (nSPS) is 15.0. The number of carbonyl (C=O) groups is 3. The van der Waals surface area contributed by atoms with Gasteiger partial charge in [0.15, 0.2) is 0 Å². The second-order valence-corrected chi connectivity index (χ2v) is 16.4. The number of allylic oxidation sites excluding steroid dienone is 1. The SMILES string of the molecule is C=Cc1c(C)c2cc3[nH]c(cc4nc(c(CC(=O)OC)c5nc(cc1[nH]2)C(C)=C5C(=O)OC)[C@@H](CCC(=O)OC)[C@@H]4C)c(C)c3CC[Se]c1ccccc1[N+](=O)[O-]. The van der Waals surface area contributed by atoms with E-state index in [1.165, 1.54) is 21.3 Å². The maximum atomic E-state index is 13.6. The van der Waals surface area contributed by atoms with Crippen molar-refractivity contribution in [2.24, 2.45) is 0 Å². The molecule has 296 valence electrons. The summed E-state index contributed by atoms with van der Waals surface area (Å²) in [5, 5.41) is 12.5. The van der Waals surface area contributed by atoms with E-state index in [-0.39, 0.29) is 67.5 Å². The van der Waals surface area contributed by atoms with E-state index in [4.69, 9.17) is 24.2 Å². The van der Waals surface area contributed by atoms with Crippen LogP contribution < -0.4 is 4.46 Å². The summed E-state index contributed by atoms with van der Waals surface area (Å²) in [5.41, 5.74) is 10.4. The molecule has 8 bridgehead atoms. The van der Waals surface area contributed by atoms with Gasteiger partial charge in [-0.3, -0.25) is 9.59 Å². The van der Waals surface area contributed by atoms with E-state index in [0.29, 0.717) is 46.6 Å². The van der Waals surface area contributed by atoms with Crippen LogP contribution in [0, 0.1) is 24.0 Å². The van der Waals surface area contributed by atoms with Gasteiger partial charge in [-0.2, -0.15) is 0 Å². The summed E-state index contributed by atoms with van der Waals surface area (Å²) < 4.78 is 16.2. The van der Waals surface area contributed by atoms with Crippen molar-refractivity contribution in [3.8, 4) is 0 Å². The van der Waals surface area contributed by atoms with E-state index in [0.717, 1.165) is 48.6 Å². The molecule has 0 radical (unpaired) electrons. The van der Waals surface area contributed by atoms with Crippen LogP contribution in [-0.2, 0) is 41.4 Å². The molecule has 0 saturated carbocycles.